The summed E-state index contributed by atoms with van der Waals surface area (Å²) in [6.07, 6.45) is 0. The van der Waals surface area contributed by atoms with E-state index in [4.69, 9.17) is 9.84 Å². The molecule has 1 aromatic carbocycles. The van der Waals surface area contributed by atoms with Crippen molar-refractivity contribution in [3.05, 3.63) is 24.3 Å². The van der Waals surface area contributed by atoms with Crippen LogP contribution in [0.4, 0.5) is 10.5 Å². The number of ether oxygens (including phenoxy) is 1. The monoisotopic (exact) mass is 319 g/mol. The van der Waals surface area contributed by atoms with Crippen molar-refractivity contribution >= 4 is 17.7 Å². The fraction of sp³-hybridized carbons (Fsp3) is 0.500. The van der Waals surface area contributed by atoms with Crippen molar-refractivity contribution in [2.45, 2.75) is 25.5 Å². The summed E-state index contributed by atoms with van der Waals surface area (Å²) < 4.78 is 5.48. The molecule has 2 fully saturated rings. The lowest BCUT2D eigenvalue weighted by molar-refractivity contribution is -0.152. The highest BCUT2D eigenvalue weighted by Gasteiger charge is 2.39. The molecule has 1 aromatic rings. The van der Waals surface area contributed by atoms with Gasteiger partial charge in [0.25, 0.3) is 0 Å². The van der Waals surface area contributed by atoms with Gasteiger partial charge >= 0.3 is 12.0 Å². The van der Waals surface area contributed by atoms with Gasteiger partial charge in [0.1, 0.15) is 5.75 Å². The molecule has 0 aliphatic carbocycles. The summed E-state index contributed by atoms with van der Waals surface area (Å²) >= 11 is 0. The largest absolute Gasteiger partial charge is 0.478 e. The van der Waals surface area contributed by atoms with Crippen LogP contribution in [0.2, 0.25) is 0 Å². The van der Waals surface area contributed by atoms with Crippen LogP contribution in [-0.4, -0.2) is 59.8 Å². The highest BCUT2D eigenvalue weighted by Crippen LogP contribution is 2.27. The summed E-state index contributed by atoms with van der Waals surface area (Å²) in [7, 11) is 0. The van der Waals surface area contributed by atoms with Crippen LogP contribution in [0.25, 0.3) is 0 Å². The van der Waals surface area contributed by atoms with Gasteiger partial charge in [0, 0.05) is 31.9 Å². The Morgan fingerprint density at radius 3 is 2.65 bits per heavy atom. The van der Waals surface area contributed by atoms with Crippen LogP contribution in [0.15, 0.2) is 24.3 Å². The molecule has 2 amide bonds. The van der Waals surface area contributed by atoms with Crippen molar-refractivity contribution in [3.63, 3.8) is 0 Å². The third kappa shape index (κ3) is 2.96. The van der Waals surface area contributed by atoms with Crippen LogP contribution in [0.3, 0.4) is 0 Å². The third-order valence-corrected chi connectivity index (χ3v) is 4.26. The molecule has 2 aliphatic heterocycles. The molecular formula is C16H21N3O4. The molecule has 0 unspecified atom stereocenters. The number of rotatable bonds is 4. The van der Waals surface area contributed by atoms with Crippen LogP contribution >= 0.6 is 0 Å². The minimum Gasteiger partial charge on any atom is -0.478 e. The lowest BCUT2D eigenvalue weighted by Crippen LogP contribution is -2.49. The van der Waals surface area contributed by atoms with E-state index < -0.39 is 11.6 Å². The summed E-state index contributed by atoms with van der Waals surface area (Å²) in [6.45, 7) is 6.03. The lowest BCUT2D eigenvalue weighted by Gasteiger charge is -2.28. The maximum absolute atomic E-state index is 12.5. The summed E-state index contributed by atoms with van der Waals surface area (Å²) in [6, 6.07) is 7.20. The Morgan fingerprint density at radius 2 is 2.04 bits per heavy atom. The molecule has 124 valence electrons. The number of fused-ring (bicyclic) bond motifs is 1. The molecule has 0 radical (unpaired) electrons. The molecular weight excluding hydrogens is 298 g/mol. The Bertz CT molecular complexity index is 614. The summed E-state index contributed by atoms with van der Waals surface area (Å²) in [4.78, 5) is 27.2. The maximum Gasteiger partial charge on any atom is 0.347 e. The Balaban J connectivity index is 1.73. The molecule has 0 aromatic heterocycles. The zero-order valence-corrected chi connectivity index (χ0v) is 13.3. The SMILES string of the molecule is CC(C)(Oc1ccc(N2C[C@@H]3CNCCN3C2=O)cc1)C(=O)O. The molecule has 2 aliphatic rings. The van der Waals surface area contributed by atoms with E-state index in [9.17, 15) is 9.59 Å². The number of carboxylic acid groups (broad SMARTS) is 1. The number of hydrogen-bond donors (Lipinski definition) is 2. The number of hydrogen-bond acceptors (Lipinski definition) is 4. The molecule has 1 atom stereocenters. The van der Waals surface area contributed by atoms with Crippen molar-refractivity contribution in [1.82, 2.24) is 10.2 Å². The van der Waals surface area contributed by atoms with Crippen molar-refractivity contribution in [2.75, 3.05) is 31.1 Å². The number of carboxylic acids is 1. The number of nitrogens with one attached hydrogen (secondary N) is 1. The van der Waals surface area contributed by atoms with Gasteiger partial charge < -0.3 is 20.1 Å². The molecule has 2 saturated heterocycles. The van der Waals surface area contributed by atoms with Gasteiger partial charge in [-0.1, -0.05) is 0 Å². The highest BCUT2D eigenvalue weighted by atomic mass is 16.5. The van der Waals surface area contributed by atoms with Gasteiger partial charge in [0.05, 0.1) is 6.04 Å². The molecule has 7 heteroatoms. The van der Waals surface area contributed by atoms with E-state index in [1.54, 1.807) is 29.2 Å². The number of piperazine rings is 1. The van der Waals surface area contributed by atoms with Gasteiger partial charge in [-0.2, -0.15) is 0 Å². The number of anilines is 1. The molecule has 0 saturated carbocycles. The highest BCUT2D eigenvalue weighted by molar-refractivity contribution is 5.94. The second-order valence-corrected chi connectivity index (χ2v) is 6.36. The first kappa shape index (κ1) is 15.6. The van der Waals surface area contributed by atoms with Gasteiger partial charge in [-0.3, -0.25) is 4.90 Å². The Kier molecular flexibility index (Phi) is 3.89. The van der Waals surface area contributed by atoms with E-state index in [0.717, 1.165) is 25.3 Å². The quantitative estimate of drug-likeness (QED) is 0.870. The average Bonchev–Trinajstić information content (AvgIpc) is 2.85. The Morgan fingerprint density at radius 1 is 1.35 bits per heavy atom. The topological polar surface area (TPSA) is 82.1 Å². The smallest absolute Gasteiger partial charge is 0.347 e. The number of amides is 2. The number of urea groups is 1. The Labute approximate surface area is 134 Å². The number of aliphatic carboxylic acids is 1. The molecule has 3 rings (SSSR count). The van der Waals surface area contributed by atoms with E-state index in [-0.39, 0.29) is 12.1 Å². The van der Waals surface area contributed by atoms with Crippen LogP contribution in [-0.2, 0) is 4.79 Å². The van der Waals surface area contributed by atoms with E-state index >= 15 is 0 Å². The summed E-state index contributed by atoms with van der Waals surface area (Å²) in [5.41, 5.74) is -0.498. The maximum atomic E-state index is 12.5. The van der Waals surface area contributed by atoms with Crippen molar-refractivity contribution in [1.29, 1.82) is 0 Å². The molecule has 2 N–H and O–H groups in total. The Hall–Kier alpha value is -2.28. The average molecular weight is 319 g/mol. The van der Waals surface area contributed by atoms with Gasteiger partial charge in [0.2, 0.25) is 0 Å². The second kappa shape index (κ2) is 5.73. The van der Waals surface area contributed by atoms with Crippen LogP contribution < -0.4 is 15.0 Å². The fourth-order valence-electron chi connectivity index (χ4n) is 2.87. The number of carbonyl (C=O) groups is 2. The first-order valence-electron chi connectivity index (χ1n) is 7.70. The first-order chi connectivity index (χ1) is 10.9. The predicted octanol–water partition coefficient (Wildman–Crippen LogP) is 1.14. The van der Waals surface area contributed by atoms with Gasteiger partial charge in [0.15, 0.2) is 5.60 Å². The molecule has 7 nitrogen and oxygen atoms in total. The van der Waals surface area contributed by atoms with Gasteiger partial charge in [-0.25, -0.2) is 9.59 Å². The van der Waals surface area contributed by atoms with Crippen molar-refractivity contribution in [3.8, 4) is 5.75 Å². The zero-order chi connectivity index (χ0) is 16.6. The van der Waals surface area contributed by atoms with E-state index in [2.05, 4.69) is 5.32 Å². The van der Waals surface area contributed by atoms with Crippen molar-refractivity contribution < 1.29 is 19.4 Å². The minimum absolute atomic E-state index is 0.0241. The number of carbonyl (C=O) groups excluding carboxylic acids is 1. The molecule has 2 heterocycles. The fourth-order valence-corrected chi connectivity index (χ4v) is 2.87. The van der Waals surface area contributed by atoms with Crippen LogP contribution in [0.5, 0.6) is 5.75 Å². The number of nitrogens with zero attached hydrogens (tertiary/aromatic N) is 2. The van der Waals surface area contributed by atoms with Crippen molar-refractivity contribution in [2.24, 2.45) is 0 Å². The molecule has 23 heavy (non-hydrogen) atoms. The normalized spacial score (nSPS) is 21.3. The summed E-state index contributed by atoms with van der Waals surface area (Å²) in [5, 5.41) is 12.4. The second-order valence-electron chi connectivity index (χ2n) is 6.36. The van der Waals surface area contributed by atoms with E-state index in [0.29, 0.717) is 12.3 Å². The minimum atomic E-state index is -1.29. The van der Waals surface area contributed by atoms with Crippen LogP contribution in [0, 0.1) is 0 Å². The lowest BCUT2D eigenvalue weighted by atomic mass is 10.1. The third-order valence-electron chi connectivity index (χ3n) is 4.26. The predicted molar refractivity (Wildman–Crippen MR) is 84.9 cm³/mol. The summed E-state index contributed by atoms with van der Waals surface area (Å²) in [5.74, 6) is -0.562. The molecule has 0 bridgehead atoms. The number of benzene rings is 1. The molecule has 0 spiro atoms. The van der Waals surface area contributed by atoms with E-state index in [1.807, 2.05) is 4.90 Å². The van der Waals surface area contributed by atoms with Gasteiger partial charge in [-0.05, 0) is 38.1 Å². The standard InChI is InChI=1S/C16H21N3O4/c1-16(2,14(20)21)23-13-5-3-11(4-6-13)19-10-12-9-17-7-8-18(12)15(19)22/h3-6,12,17H,7-10H2,1-2H3,(H,20,21)/t12-/m0/s1. The zero-order valence-electron chi connectivity index (χ0n) is 13.3. The van der Waals surface area contributed by atoms with Crippen LogP contribution in [0.1, 0.15) is 13.8 Å². The van der Waals surface area contributed by atoms with E-state index in [1.165, 1.54) is 13.8 Å². The van der Waals surface area contributed by atoms with Gasteiger partial charge in [-0.15, -0.1) is 0 Å². The first-order valence-corrected chi connectivity index (χ1v) is 7.70.